The van der Waals surface area contributed by atoms with Crippen LogP contribution in [0.25, 0.3) is 0 Å². The van der Waals surface area contributed by atoms with E-state index in [1.54, 1.807) is 0 Å². The third-order valence-corrected chi connectivity index (χ3v) is 12.2. The topological polar surface area (TPSA) is 9.23 Å². The lowest BCUT2D eigenvalue weighted by atomic mass is 10.2. The molecule has 3 heteroatoms. The quantitative estimate of drug-likeness (QED) is 0.533. The van der Waals surface area contributed by atoms with E-state index in [2.05, 4.69) is 65.8 Å². The zero-order valence-electron chi connectivity index (χ0n) is 11.7. The minimum Gasteiger partial charge on any atom is -0.375 e. The highest BCUT2D eigenvalue weighted by molar-refractivity contribution is 8.29. The van der Waals surface area contributed by atoms with E-state index in [1.807, 2.05) is 0 Å². The highest BCUT2D eigenvalue weighted by Crippen LogP contribution is 2.43. The van der Waals surface area contributed by atoms with E-state index in [9.17, 15) is 0 Å². The third kappa shape index (κ3) is 6.64. The van der Waals surface area contributed by atoms with Gasteiger partial charge in [0.25, 0.3) is 0 Å². The number of hydrogen-bond acceptors (Lipinski definition) is 2. The van der Waals surface area contributed by atoms with Crippen molar-refractivity contribution in [3.63, 3.8) is 0 Å². The maximum atomic E-state index is 5.74. The van der Waals surface area contributed by atoms with Crippen LogP contribution in [-0.2, 0) is 4.74 Å². The molecule has 0 aromatic carbocycles. The molecule has 0 aliphatic rings. The van der Waals surface area contributed by atoms with E-state index < -0.39 is 7.22 Å². The van der Waals surface area contributed by atoms with Crippen LogP contribution in [0, 0.1) is 0 Å². The predicted molar refractivity (Wildman–Crippen MR) is 75.4 cm³/mol. The van der Waals surface area contributed by atoms with Crippen LogP contribution in [0.5, 0.6) is 0 Å². The lowest BCUT2D eigenvalue weighted by molar-refractivity contribution is 0.00700. The van der Waals surface area contributed by atoms with Crippen LogP contribution >= 0.6 is 11.2 Å². The van der Waals surface area contributed by atoms with Crippen molar-refractivity contribution in [2.75, 3.05) is 12.4 Å². The maximum absolute atomic E-state index is 5.74. The molecule has 0 N–H and O–H groups in total. The maximum Gasteiger partial charge on any atom is 0.116 e. The van der Waals surface area contributed by atoms with Crippen molar-refractivity contribution in [1.29, 1.82) is 0 Å². The molecule has 0 radical (unpaired) electrons. The van der Waals surface area contributed by atoms with Crippen LogP contribution in [0.4, 0.5) is 0 Å². The number of rotatable bonds is 4. The Morgan fingerprint density at radius 2 is 1.47 bits per heavy atom. The molecule has 0 aromatic rings. The lowest BCUT2D eigenvalue weighted by Gasteiger charge is -2.36. The van der Waals surface area contributed by atoms with Crippen molar-refractivity contribution < 1.29 is 4.74 Å². The summed E-state index contributed by atoms with van der Waals surface area (Å²) >= 11 is 2.14. The molecule has 0 atom stereocenters. The summed E-state index contributed by atoms with van der Waals surface area (Å²) in [5.74, 6) is 1.13. The normalized spacial score (nSPS) is 14.4. The molecule has 0 bridgehead atoms. The van der Waals surface area contributed by atoms with Crippen LogP contribution in [0.3, 0.4) is 0 Å². The van der Waals surface area contributed by atoms with Crippen LogP contribution < -0.4 is 0 Å². The average molecular weight is 249 g/mol. The van der Waals surface area contributed by atoms with Crippen molar-refractivity contribution in [2.24, 2.45) is 0 Å². The molecule has 0 unspecified atom stereocenters. The largest absolute Gasteiger partial charge is 0.375 e. The number of ether oxygens (including phenoxy) is 1. The second kappa shape index (κ2) is 5.24. The molecule has 0 rings (SSSR count). The van der Waals surface area contributed by atoms with Crippen molar-refractivity contribution in [2.45, 2.75) is 65.3 Å². The van der Waals surface area contributed by atoms with E-state index in [4.69, 9.17) is 4.74 Å². The Bertz CT molecular complexity index is 189. The molecule has 0 saturated heterocycles. The molecule has 0 amide bonds. The highest BCUT2D eigenvalue weighted by atomic mass is 32.4. The Balaban J connectivity index is 3.87. The van der Waals surface area contributed by atoms with Gasteiger partial charge in [-0.3, -0.25) is 0 Å². The van der Waals surface area contributed by atoms with Crippen LogP contribution in [0.2, 0.25) is 18.1 Å². The SMILES string of the molecule is CC(C)(C)OCCS[Si](C)(C)C(C)(C)C. The molecular formula is C12H28OSSi. The minimum absolute atomic E-state index is 0.00793. The Morgan fingerprint density at radius 1 is 1.00 bits per heavy atom. The first-order valence-electron chi connectivity index (χ1n) is 5.74. The molecule has 0 spiro atoms. The molecular weight excluding hydrogens is 220 g/mol. The van der Waals surface area contributed by atoms with Gasteiger partial charge in [0.05, 0.1) is 12.2 Å². The zero-order valence-corrected chi connectivity index (χ0v) is 13.5. The molecule has 15 heavy (non-hydrogen) atoms. The number of hydrogen-bond donors (Lipinski definition) is 0. The van der Waals surface area contributed by atoms with Gasteiger partial charge in [0.2, 0.25) is 0 Å². The van der Waals surface area contributed by atoms with Crippen LogP contribution in [-0.4, -0.2) is 25.2 Å². The molecule has 1 nitrogen and oxygen atoms in total. The fraction of sp³-hybridized carbons (Fsp3) is 1.00. The van der Waals surface area contributed by atoms with E-state index in [1.165, 1.54) is 0 Å². The summed E-state index contributed by atoms with van der Waals surface area (Å²) in [6.07, 6.45) is 0. The second-order valence-electron chi connectivity index (χ2n) is 6.57. The van der Waals surface area contributed by atoms with E-state index in [-0.39, 0.29) is 5.60 Å². The van der Waals surface area contributed by atoms with Crippen LogP contribution in [0.1, 0.15) is 41.5 Å². The predicted octanol–water partition coefficient (Wildman–Crippen LogP) is 4.54. The standard InChI is InChI=1S/C12H28OSSi/c1-11(2,3)13-9-10-14-15(7,8)12(4,5)6/h9-10H2,1-8H3. The van der Waals surface area contributed by atoms with Gasteiger partial charge >= 0.3 is 0 Å². The van der Waals surface area contributed by atoms with Gasteiger partial charge in [-0.05, 0) is 25.8 Å². The Kier molecular flexibility index (Phi) is 5.42. The Morgan fingerprint density at radius 3 is 1.80 bits per heavy atom. The molecule has 0 aliphatic carbocycles. The summed E-state index contributed by atoms with van der Waals surface area (Å²) < 4.78 is 5.74. The Labute approximate surface area is 101 Å². The summed E-state index contributed by atoms with van der Waals surface area (Å²) in [4.78, 5) is 0. The zero-order chi connectivity index (χ0) is 12.3. The van der Waals surface area contributed by atoms with E-state index >= 15 is 0 Å². The smallest absolute Gasteiger partial charge is 0.116 e. The van der Waals surface area contributed by atoms with Gasteiger partial charge in [-0.25, -0.2) is 0 Å². The van der Waals surface area contributed by atoms with Gasteiger partial charge in [0, 0.05) is 5.75 Å². The lowest BCUT2D eigenvalue weighted by Crippen LogP contribution is -2.34. The van der Waals surface area contributed by atoms with Gasteiger partial charge in [-0.2, -0.15) is 11.2 Å². The van der Waals surface area contributed by atoms with Gasteiger partial charge in [0.1, 0.15) is 7.22 Å². The van der Waals surface area contributed by atoms with Gasteiger partial charge < -0.3 is 4.74 Å². The molecule has 92 valence electrons. The summed E-state index contributed by atoms with van der Waals surface area (Å²) in [5.41, 5.74) is 0.00793. The van der Waals surface area contributed by atoms with E-state index in [0.717, 1.165) is 12.4 Å². The summed E-state index contributed by atoms with van der Waals surface area (Å²) in [6.45, 7) is 19.2. The molecule has 0 aromatic heterocycles. The second-order valence-corrected chi connectivity index (χ2v) is 15.7. The molecule has 0 heterocycles. The fourth-order valence-electron chi connectivity index (χ4n) is 0.861. The first-order chi connectivity index (χ1) is 6.46. The first kappa shape index (κ1) is 15.5. The molecule has 0 aliphatic heterocycles. The molecule has 0 saturated carbocycles. The monoisotopic (exact) mass is 248 g/mol. The summed E-state index contributed by atoms with van der Waals surface area (Å²) in [6, 6.07) is 0. The van der Waals surface area contributed by atoms with Crippen molar-refractivity contribution in [1.82, 2.24) is 0 Å². The third-order valence-electron chi connectivity index (χ3n) is 2.89. The Hall–Kier alpha value is 0.527. The fourth-order valence-corrected chi connectivity index (χ4v) is 5.05. The molecule has 0 fully saturated rings. The summed E-state index contributed by atoms with van der Waals surface area (Å²) in [7, 11) is -1.16. The van der Waals surface area contributed by atoms with Gasteiger partial charge in [-0.1, -0.05) is 33.9 Å². The van der Waals surface area contributed by atoms with Crippen molar-refractivity contribution in [3.8, 4) is 0 Å². The van der Waals surface area contributed by atoms with E-state index in [0.29, 0.717) is 5.04 Å². The van der Waals surface area contributed by atoms with Crippen molar-refractivity contribution >= 4 is 18.4 Å². The van der Waals surface area contributed by atoms with Gasteiger partial charge in [-0.15, -0.1) is 0 Å². The average Bonchev–Trinajstić information content (AvgIpc) is 1.94. The van der Waals surface area contributed by atoms with Gasteiger partial charge in [0.15, 0.2) is 0 Å². The first-order valence-corrected chi connectivity index (χ1v) is 10.4. The van der Waals surface area contributed by atoms with Crippen LogP contribution in [0.15, 0.2) is 0 Å². The highest BCUT2D eigenvalue weighted by Gasteiger charge is 2.35. The van der Waals surface area contributed by atoms with Crippen molar-refractivity contribution in [3.05, 3.63) is 0 Å². The minimum atomic E-state index is -1.16. The summed E-state index contributed by atoms with van der Waals surface area (Å²) in [5, 5.41) is 0.472.